The van der Waals surface area contributed by atoms with Gasteiger partial charge < -0.3 is 9.80 Å². The average Bonchev–Trinajstić information content (AvgIpc) is 2.56. The van der Waals surface area contributed by atoms with Crippen LogP contribution in [0, 0.1) is 11.3 Å². The van der Waals surface area contributed by atoms with Gasteiger partial charge in [0.15, 0.2) is 0 Å². The van der Waals surface area contributed by atoms with E-state index in [1.54, 1.807) is 30.9 Å². The van der Waals surface area contributed by atoms with Crippen molar-refractivity contribution in [2.24, 2.45) is 0 Å². The molecule has 7 heteroatoms. The Hall–Kier alpha value is -2.75. The van der Waals surface area contributed by atoms with Gasteiger partial charge in [0.25, 0.3) is 0 Å². The molecule has 21 heavy (non-hydrogen) atoms. The molecule has 0 spiro atoms. The third kappa shape index (κ3) is 3.05. The van der Waals surface area contributed by atoms with E-state index in [0.717, 1.165) is 37.7 Å². The van der Waals surface area contributed by atoms with Crippen LogP contribution in [0.5, 0.6) is 0 Å². The first-order chi connectivity index (χ1) is 10.4. The number of rotatable bonds is 3. The Balaban J connectivity index is 1.66. The minimum absolute atomic E-state index is 0.315. The van der Waals surface area contributed by atoms with Crippen LogP contribution in [0.3, 0.4) is 0 Å². The van der Waals surface area contributed by atoms with Crippen molar-refractivity contribution in [3.8, 4) is 6.07 Å². The molecule has 1 fully saturated rings. The van der Waals surface area contributed by atoms with E-state index in [1.165, 1.54) is 0 Å². The number of piperazine rings is 1. The molecule has 0 radical (unpaired) electrons. The van der Waals surface area contributed by atoms with E-state index < -0.39 is 0 Å². The van der Waals surface area contributed by atoms with Crippen LogP contribution in [0.2, 0.25) is 0 Å². The number of hydrogen-bond donors (Lipinski definition) is 0. The Morgan fingerprint density at radius 1 is 1.05 bits per heavy atom. The minimum atomic E-state index is 0.315. The maximum absolute atomic E-state index is 8.74. The summed E-state index contributed by atoms with van der Waals surface area (Å²) in [5.41, 5.74) is 0.763. The van der Waals surface area contributed by atoms with Crippen molar-refractivity contribution in [1.82, 2.24) is 19.9 Å². The Labute approximate surface area is 122 Å². The molecule has 0 atom stereocenters. The number of nitrogens with zero attached hydrogens (tertiary/aromatic N) is 7. The standard InChI is InChI=1S/C14H15N7/c15-3-1-12-2-4-18-14(19-12)21-9-7-20(8-10-21)13-11-16-5-6-17-13/h2,4-6,11H,1,7-10H2. The zero-order valence-corrected chi connectivity index (χ0v) is 11.6. The van der Waals surface area contributed by atoms with Gasteiger partial charge in [0, 0.05) is 44.8 Å². The molecule has 3 heterocycles. The predicted octanol–water partition coefficient (Wildman–Crippen LogP) is 0.659. The number of hydrogen-bond acceptors (Lipinski definition) is 7. The molecule has 106 valence electrons. The zero-order chi connectivity index (χ0) is 14.5. The Bertz CT molecular complexity index is 629. The normalized spacial score (nSPS) is 14.8. The highest BCUT2D eigenvalue weighted by Gasteiger charge is 2.20. The molecular formula is C14H15N7. The summed E-state index contributed by atoms with van der Waals surface area (Å²) in [6, 6.07) is 3.89. The van der Waals surface area contributed by atoms with Gasteiger partial charge in [0.1, 0.15) is 5.82 Å². The second kappa shape index (κ2) is 6.13. The number of anilines is 2. The molecule has 0 bridgehead atoms. The maximum atomic E-state index is 8.74. The molecule has 0 amide bonds. The van der Waals surface area contributed by atoms with Crippen molar-refractivity contribution < 1.29 is 0 Å². The summed E-state index contributed by atoms with van der Waals surface area (Å²) in [7, 11) is 0. The van der Waals surface area contributed by atoms with E-state index >= 15 is 0 Å². The fourth-order valence-corrected chi connectivity index (χ4v) is 2.31. The van der Waals surface area contributed by atoms with Crippen molar-refractivity contribution in [2.45, 2.75) is 6.42 Å². The van der Waals surface area contributed by atoms with Gasteiger partial charge >= 0.3 is 0 Å². The number of aromatic nitrogens is 4. The minimum Gasteiger partial charge on any atom is -0.352 e. The summed E-state index contributed by atoms with van der Waals surface area (Å²) in [5, 5.41) is 8.74. The largest absolute Gasteiger partial charge is 0.352 e. The molecule has 2 aromatic rings. The van der Waals surface area contributed by atoms with Gasteiger partial charge in [-0.3, -0.25) is 4.98 Å². The fourth-order valence-electron chi connectivity index (χ4n) is 2.31. The Kier molecular flexibility index (Phi) is 3.87. The van der Waals surface area contributed by atoms with E-state index in [4.69, 9.17) is 5.26 Å². The first-order valence-corrected chi connectivity index (χ1v) is 6.81. The lowest BCUT2D eigenvalue weighted by Crippen LogP contribution is -2.47. The molecule has 0 N–H and O–H groups in total. The predicted molar refractivity (Wildman–Crippen MR) is 77.8 cm³/mol. The van der Waals surface area contributed by atoms with E-state index in [0.29, 0.717) is 12.4 Å². The topological polar surface area (TPSA) is 81.8 Å². The van der Waals surface area contributed by atoms with Gasteiger partial charge in [-0.15, -0.1) is 0 Å². The van der Waals surface area contributed by atoms with Crippen LogP contribution in [-0.2, 0) is 6.42 Å². The van der Waals surface area contributed by atoms with Gasteiger partial charge in [-0.05, 0) is 6.07 Å². The lowest BCUT2D eigenvalue weighted by Gasteiger charge is -2.35. The zero-order valence-electron chi connectivity index (χ0n) is 11.6. The van der Waals surface area contributed by atoms with Crippen molar-refractivity contribution in [1.29, 1.82) is 5.26 Å². The molecule has 7 nitrogen and oxygen atoms in total. The van der Waals surface area contributed by atoms with Crippen LogP contribution in [0.4, 0.5) is 11.8 Å². The first kappa shape index (κ1) is 13.2. The average molecular weight is 281 g/mol. The van der Waals surface area contributed by atoms with Crippen LogP contribution < -0.4 is 9.80 Å². The molecule has 0 saturated carbocycles. The summed E-state index contributed by atoms with van der Waals surface area (Å²) in [4.78, 5) is 21.5. The SMILES string of the molecule is N#CCc1ccnc(N2CCN(c3cnccn3)CC2)n1. The molecule has 1 aliphatic rings. The van der Waals surface area contributed by atoms with Crippen LogP contribution in [0.25, 0.3) is 0 Å². The maximum Gasteiger partial charge on any atom is 0.225 e. The van der Waals surface area contributed by atoms with Gasteiger partial charge in [-0.2, -0.15) is 5.26 Å². The molecule has 0 aliphatic carbocycles. The van der Waals surface area contributed by atoms with Crippen LogP contribution >= 0.6 is 0 Å². The van der Waals surface area contributed by atoms with Crippen LogP contribution in [0.1, 0.15) is 5.69 Å². The van der Waals surface area contributed by atoms with E-state index in [1.807, 2.05) is 0 Å². The lowest BCUT2D eigenvalue weighted by molar-refractivity contribution is 0.632. The van der Waals surface area contributed by atoms with Gasteiger partial charge in [0.05, 0.1) is 24.4 Å². The van der Waals surface area contributed by atoms with Crippen molar-refractivity contribution in [3.63, 3.8) is 0 Å². The smallest absolute Gasteiger partial charge is 0.225 e. The van der Waals surface area contributed by atoms with Gasteiger partial charge in [-0.1, -0.05) is 0 Å². The van der Waals surface area contributed by atoms with Crippen molar-refractivity contribution >= 4 is 11.8 Å². The monoisotopic (exact) mass is 281 g/mol. The first-order valence-electron chi connectivity index (χ1n) is 6.81. The molecule has 0 aromatic carbocycles. The lowest BCUT2D eigenvalue weighted by atomic mass is 10.3. The van der Waals surface area contributed by atoms with Gasteiger partial charge in [0.2, 0.25) is 5.95 Å². The second-order valence-electron chi connectivity index (χ2n) is 4.72. The summed E-state index contributed by atoms with van der Waals surface area (Å²) in [6.45, 7) is 3.36. The highest BCUT2D eigenvalue weighted by atomic mass is 15.3. The Morgan fingerprint density at radius 3 is 2.57 bits per heavy atom. The van der Waals surface area contributed by atoms with Crippen LogP contribution in [0.15, 0.2) is 30.9 Å². The molecule has 0 unspecified atom stereocenters. The van der Waals surface area contributed by atoms with E-state index in [2.05, 4.69) is 35.8 Å². The summed E-state index contributed by atoms with van der Waals surface area (Å²) in [6.07, 6.45) is 7.18. The summed E-state index contributed by atoms with van der Waals surface area (Å²) < 4.78 is 0. The third-order valence-corrected chi connectivity index (χ3v) is 3.40. The highest BCUT2D eigenvalue weighted by Crippen LogP contribution is 2.15. The van der Waals surface area contributed by atoms with E-state index in [-0.39, 0.29) is 0 Å². The number of nitriles is 1. The molecule has 1 saturated heterocycles. The van der Waals surface area contributed by atoms with Crippen LogP contribution in [-0.4, -0.2) is 46.1 Å². The Morgan fingerprint density at radius 2 is 1.86 bits per heavy atom. The molecular weight excluding hydrogens is 266 g/mol. The fraction of sp³-hybridized carbons (Fsp3) is 0.357. The highest BCUT2D eigenvalue weighted by molar-refractivity contribution is 5.40. The summed E-state index contributed by atoms with van der Waals surface area (Å²) in [5.74, 6) is 1.60. The summed E-state index contributed by atoms with van der Waals surface area (Å²) >= 11 is 0. The molecule has 1 aliphatic heterocycles. The molecule has 2 aromatic heterocycles. The third-order valence-electron chi connectivity index (χ3n) is 3.40. The van der Waals surface area contributed by atoms with Crippen molar-refractivity contribution in [2.75, 3.05) is 36.0 Å². The molecule has 3 rings (SSSR count). The quantitative estimate of drug-likeness (QED) is 0.817. The van der Waals surface area contributed by atoms with Gasteiger partial charge in [-0.25, -0.2) is 15.0 Å². The second-order valence-corrected chi connectivity index (χ2v) is 4.72. The van der Waals surface area contributed by atoms with Crippen molar-refractivity contribution in [3.05, 3.63) is 36.5 Å². The van der Waals surface area contributed by atoms with E-state index in [9.17, 15) is 0 Å².